The highest BCUT2D eigenvalue weighted by atomic mass is 35.5. The van der Waals surface area contributed by atoms with Gasteiger partial charge in [-0.2, -0.15) is 5.10 Å². The average Bonchev–Trinajstić information content (AvgIpc) is 2.74. The van der Waals surface area contributed by atoms with Crippen LogP contribution in [0.4, 0.5) is 0 Å². The molecule has 6 nitrogen and oxygen atoms in total. The van der Waals surface area contributed by atoms with E-state index in [0.29, 0.717) is 17.6 Å². The van der Waals surface area contributed by atoms with Gasteiger partial charge in [0.1, 0.15) is 0 Å². The minimum atomic E-state index is -0.376. The van der Waals surface area contributed by atoms with Crippen LogP contribution in [0.15, 0.2) is 12.1 Å². The zero-order chi connectivity index (χ0) is 15.6. The molecule has 0 aliphatic heterocycles. The molecule has 2 aromatic heterocycles. The molecule has 7 heteroatoms. The Balaban J connectivity index is 2.42. The van der Waals surface area contributed by atoms with Crippen LogP contribution in [0.3, 0.4) is 0 Å². The van der Waals surface area contributed by atoms with E-state index < -0.39 is 0 Å². The molecule has 0 saturated carbocycles. The van der Waals surface area contributed by atoms with Gasteiger partial charge in [-0.05, 0) is 39.8 Å². The van der Waals surface area contributed by atoms with Crippen molar-refractivity contribution in [3.8, 4) is 5.82 Å². The second-order valence-electron chi connectivity index (χ2n) is 4.68. The molecule has 0 saturated heterocycles. The molecule has 0 amide bonds. The largest absolute Gasteiger partial charge is 0.466 e. The van der Waals surface area contributed by atoms with Crippen molar-refractivity contribution < 1.29 is 9.53 Å². The molecular weight excluding hydrogens is 292 g/mol. The molecule has 0 aromatic carbocycles. The monoisotopic (exact) mass is 308 g/mol. The summed E-state index contributed by atoms with van der Waals surface area (Å²) in [4.78, 5) is 11.9. The summed E-state index contributed by atoms with van der Waals surface area (Å²) >= 11 is 5.74. The van der Waals surface area contributed by atoms with Gasteiger partial charge in [0.15, 0.2) is 11.0 Å². The number of rotatable bonds is 4. The van der Waals surface area contributed by atoms with E-state index in [9.17, 15) is 4.79 Å². The summed E-state index contributed by atoms with van der Waals surface area (Å²) in [6.07, 6.45) is 0. The fraction of sp³-hybridized carbons (Fsp3) is 0.429. The van der Waals surface area contributed by atoms with Gasteiger partial charge in [-0.15, -0.1) is 10.2 Å². The predicted octanol–water partition coefficient (Wildman–Crippen LogP) is 2.60. The fourth-order valence-electron chi connectivity index (χ4n) is 2.31. The van der Waals surface area contributed by atoms with Crippen LogP contribution in [0.2, 0.25) is 5.15 Å². The molecule has 0 spiro atoms. The van der Waals surface area contributed by atoms with Crippen molar-refractivity contribution in [1.29, 1.82) is 0 Å². The smallest absolute Gasteiger partial charge is 0.313 e. The van der Waals surface area contributed by atoms with E-state index in [4.69, 9.17) is 16.3 Å². The third kappa shape index (κ3) is 3.05. The van der Waals surface area contributed by atoms with Crippen molar-refractivity contribution in [1.82, 2.24) is 20.0 Å². The number of carbonyl (C=O) groups excluding carboxylic acids is 1. The Morgan fingerprint density at radius 1 is 1.38 bits per heavy atom. The lowest BCUT2D eigenvalue weighted by Gasteiger charge is -2.11. The normalized spacial score (nSPS) is 12.2. The van der Waals surface area contributed by atoms with Gasteiger partial charge >= 0.3 is 5.97 Å². The molecular formula is C14H17ClN4O2. The number of aromatic nitrogens is 4. The van der Waals surface area contributed by atoms with Crippen molar-refractivity contribution in [2.75, 3.05) is 6.61 Å². The summed E-state index contributed by atoms with van der Waals surface area (Å²) in [5, 5.41) is 12.6. The predicted molar refractivity (Wildman–Crippen MR) is 78.7 cm³/mol. The lowest BCUT2D eigenvalue weighted by Crippen LogP contribution is -2.14. The Morgan fingerprint density at radius 2 is 2.10 bits per heavy atom. The van der Waals surface area contributed by atoms with E-state index in [2.05, 4.69) is 15.3 Å². The van der Waals surface area contributed by atoms with Gasteiger partial charge in [-0.1, -0.05) is 11.6 Å². The summed E-state index contributed by atoms with van der Waals surface area (Å²) in [6, 6.07) is 3.38. The number of ether oxygens (including phenoxy) is 1. The standard InChI is InChI=1S/C14H17ClN4O2/c1-5-21-14(20)8(2)13-9(3)18-19(10(13)4)12-7-6-11(15)16-17-12/h6-8H,5H2,1-4H3. The number of hydrogen-bond acceptors (Lipinski definition) is 5. The number of carbonyl (C=O) groups is 1. The number of esters is 1. The van der Waals surface area contributed by atoms with Gasteiger partial charge in [0, 0.05) is 11.3 Å². The summed E-state index contributed by atoms with van der Waals surface area (Å²) < 4.78 is 6.73. The minimum Gasteiger partial charge on any atom is -0.466 e. The number of nitrogens with zero attached hydrogens (tertiary/aromatic N) is 4. The van der Waals surface area contributed by atoms with Gasteiger partial charge in [-0.25, -0.2) is 4.68 Å². The summed E-state index contributed by atoms with van der Waals surface area (Å²) in [5.41, 5.74) is 2.46. The SMILES string of the molecule is CCOC(=O)C(C)c1c(C)nn(-c2ccc(Cl)nn2)c1C. The van der Waals surface area contributed by atoms with Crippen molar-refractivity contribution >= 4 is 17.6 Å². The highest BCUT2D eigenvalue weighted by Gasteiger charge is 2.25. The van der Waals surface area contributed by atoms with Crippen LogP contribution in [0.1, 0.15) is 36.7 Å². The highest BCUT2D eigenvalue weighted by molar-refractivity contribution is 6.29. The van der Waals surface area contributed by atoms with E-state index in [0.717, 1.165) is 17.0 Å². The van der Waals surface area contributed by atoms with Crippen molar-refractivity contribution in [2.45, 2.75) is 33.6 Å². The minimum absolute atomic E-state index is 0.259. The Bertz CT molecular complexity index is 652. The summed E-state index contributed by atoms with van der Waals surface area (Å²) in [5.74, 6) is -0.0771. The Hall–Kier alpha value is -1.95. The third-order valence-electron chi connectivity index (χ3n) is 3.26. The molecule has 21 heavy (non-hydrogen) atoms. The van der Waals surface area contributed by atoms with Crippen LogP contribution in [0, 0.1) is 13.8 Å². The topological polar surface area (TPSA) is 69.9 Å². The van der Waals surface area contributed by atoms with Crippen molar-refractivity contribution in [3.05, 3.63) is 34.2 Å². The van der Waals surface area contributed by atoms with E-state index in [1.165, 1.54) is 0 Å². The van der Waals surface area contributed by atoms with Crippen LogP contribution in [0.25, 0.3) is 5.82 Å². The molecule has 0 radical (unpaired) electrons. The lowest BCUT2D eigenvalue weighted by molar-refractivity contribution is -0.144. The molecule has 2 aromatic rings. The molecule has 0 aliphatic rings. The second kappa shape index (κ2) is 6.22. The van der Waals surface area contributed by atoms with Crippen LogP contribution >= 0.6 is 11.6 Å². The Morgan fingerprint density at radius 3 is 2.67 bits per heavy atom. The van der Waals surface area contributed by atoms with Gasteiger partial charge in [0.05, 0.1) is 18.2 Å². The van der Waals surface area contributed by atoms with E-state index >= 15 is 0 Å². The lowest BCUT2D eigenvalue weighted by atomic mass is 9.99. The molecule has 0 fully saturated rings. The number of hydrogen-bond donors (Lipinski definition) is 0. The molecule has 1 atom stereocenters. The average molecular weight is 309 g/mol. The van der Waals surface area contributed by atoms with Crippen LogP contribution in [-0.2, 0) is 9.53 Å². The highest BCUT2D eigenvalue weighted by Crippen LogP contribution is 2.26. The van der Waals surface area contributed by atoms with E-state index in [1.807, 2.05) is 20.8 Å². The van der Waals surface area contributed by atoms with Crippen LogP contribution in [-0.4, -0.2) is 32.6 Å². The van der Waals surface area contributed by atoms with Crippen molar-refractivity contribution in [3.63, 3.8) is 0 Å². The summed E-state index contributed by atoms with van der Waals surface area (Å²) in [7, 11) is 0. The zero-order valence-corrected chi connectivity index (χ0v) is 13.2. The van der Waals surface area contributed by atoms with Gasteiger partial charge < -0.3 is 4.74 Å². The fourth-order valence-corrected chi connectivity index (χ4v) is 2.41. The maximum atomic E-state index is 11.9. The van der Waals surface area contributed by atoms with Crippen molar-refractivity contribution in [2.24, 2.45) is 0 Å². The van der Waals surface area contributed by atoms with Crippen LogP contribution in [0.5, 0.6) is 0 Å². The van der Waals surface area contributed by atoms with Gasteiger partial charge in [-0.3, -0.25) is 4.79 Å². The van der Waals surface area contributed by atoms with Gasteiger partial charge in [0.2, 0.25) is 0 Å². The zero-order valence-electron chi connectivity index (χ0n) is 12.4. The van der Waals surface area contributed by atoms with E-state index in [1.54, 1.807) is 23.7 Å². The quantitative estimate of drug-likeness (QED) is 0.812. The number of aryl methyl sites for hydroxylation is 1. The van der Waals surface area contributed by atoms with Crippen LogP contribution < -0.4 is 0 Å². The molecule has 0 aliphatic carbocycles. The Kier molecular flexibility index (Phi) is 4.57. The first-order valence-corrected chi connectivity index (χ1v) is 7.05. The molecule has 1 unspecified atom stereocenters. The first-order chi connectivity index (χ1) is 9.95. The molecule has 0 N–H and O–H groups in total. The van der Waals surface area contributed by atoms with Gasteiger partial charge in [0.25, 0.3) is 0 Å². The second-order valence-corrected chi connectivity index (χ2v) is 5.07. The molecule has 2 heterocycles. The first-order valence-electron chi connectivity index (χ1n) is 6.68. The Labute approximate surface area is 128 Å². The first kappa shape index (κ1) is 15.4. The maximum absolute atomic E-state index is 11.9. The maximum Gasteiger partial charge on any atom is 0.313 e. The third-order valence-corrected chi connectivity index (χ3v) is 3.46. The molecule has 2 rings (SSSR count). The molecule has 0 bridgehead atoms. The summed E-state index contributed by atoms with van der Waals surface area (Å²) in [6.45, 7) is 7.71. The molecule has 112 valence electrons. The van der Waals surface area contributed by atoms with E-state index in [-0.39, 0.29) is 11.9 Å². The number of halogens is 1.